The SMILES string of the molecule is COc1ccc(C(O)C(CC(=O)O)NCCO)cc1C. The molecule has 1 aromatic carbocycles. The number of nitrogens with one attached hydrogen (secondary N) is 1. The standard InChI is InChI=1S/C14H21NO5/c1-9-7-10(3-4-12(9)20-2)14(19)11(8-13(17)18)15-5-6-16/h3-4,7,11,14-16,19H,5-6,8H2,1-2H3,(H,17,18). The van der Waals surface area contributed by atoms with Gasteiger partial charge in [0.05, 0.1) is 26.2 Å². The number of aliphatic carboxylic acids is 1. The third kappa shape index (κ3) is 4.48. The Morgan fingerprint density at radius 3 is 2.65 bits per heavy atom. The molecule has 1 aromatic rings. The quantitative estimate of drug-likeness (QED) is 0.553. The van der Waals surface area contributed by atoms with Crippen molar-refractivity contribution in [1.29, 1.82) is 0 Å². The summed E-state index contributed by atoms with van der Waals surface area (Å²) in [5, 5.41) is 30.8. The number of ether oxygens (including phenoxy) is 1. The van der Waals surface area contributed by atoms with Gasteiger partial charge in [-0.1, -0.05) is 6.07 Å². The molecule has 2 unspecified atom stereocenters. The van der Waals surface area contributed by atoms with Gasteiger partial charge in [-0.05, 0) is 30.2 Å². The highest BCUT2D eigenvalue weighted by Crippen LogP contribution is 2.25. The van der Waals surface area contributed by atoms with E-state index < -0.39 is 18.1 Å². The van der Waals surface area contributed by atoms with E-state index in [1.54, 1.807) is 25.3 Å². The second-order valence-corrected chi connectivity index (χ2v) is 4.56. The summed E-state index contributed by atoms with van der Waals surface area (Å²) in [5.74, 6) is -0.302. The number of hydrogen-bond donors (Lipinski definition) is 4. The summed E-state index contributed by atoms with van der Waals surface area (Å²) < 4.78 is 5.15. The van der Waals surface area contributed by atoms with Crippen LogP contribution in [-0.2, 0) is 4.79 Å². The van der Waals surface area contributed by atoms with Crippen molar-refractivity contribution >= 4 is 5.97 Å². The average molecular weight is 283 g/mol. The third-order valence-corrected chi connectivity index (χ3v) is 3.05. The molecule has 0 aliphatic rings. The van der Waals surface area contributed by atoms with Gasteiger partial charge in [-0.25, -0.2) is 0 Å². The smallest absolute Gasteiger partial charge is 0.305 e. The zero-order valence-corrected chi connectivity index (χ0v) is 11.7. The lowest BCUT2D eigenvalue weighted by Gasteiger charge is -2.23. The van der Waals surface area contributed by atoms with Gasteiger partial charge < -0.3 is 25.4 Å². The molecule has 0 fully saturated rings. The van der Waals surface area contributed by atoms with E-state index in [1.165, 1.54) is 0 Å². The fourth-order valence-electron chi connectivity index (χ4n) is 2.05. The molecule has 0 aliphatic heterocycles. The Kier molecular flexibility index (Phi) is 6.44. The minimum absolute atomic E-state index is 0.121. The van der Waals surface area contributed by atoms with Crippen LogP contribution in [0.5, 0.6) is 5.75 Å². The lowest BCUT2D eigenvalue weighted by atomic mass is 9.98. The molecule has 0 aromatic heterocycles. The first-order chi connectivity index (χ1) is 9.49. The van der Waals surface area contributed by atoms with Crippen LogP contribution in [0, 0.1) is 6.92 Å². The molecule has 112 valence electrons. The highest BCUT2D eigenvalue weighted by Gasteiger charge is 2.23. The molecule has 0 amide bonds. The Hall–Kier alpha value is -1.63. The van der Waals surface area contributed by atoms with Crippen LogP contribution in [0.2, 0.25) is 0 Å². The Balaban J connectivity index is 2.89. The van der Waals surface area contributed by atoms with Crippen molar-refractivity contribution in [3.63, 3.8) is 0 Å². The van der Waals surface area contributed by atoms with Gasteiger partial charge >= 0.3 is 5.97 Å². The molecule has 0 saturated heterocycles. The maximum Gasteiger partial charge on any atom is 0.305 e. The second-order valence-electron chi connectivity index (χ2n) is 4.56. The van der Waals surface area contributed by atoms with Crippen molar-refractivity contribution in [2.45, 2.75) is 25.5 Å². The van der Waals surface area contributed by atoms with Crippen LogP contribution < -0.4 is 10.1 Å². The van der Waals surface area contributed by atoms with Crippen LogP contribution in [-0.4, -0.2) is 47.6 Å². The monoisotopic (exact) mass is 283 g/mol. The third-order valence-electron chi connectivity index (χ3n) is 3.05. The number of carbonyl (C=O) groups is 1. The lowest BCUT2D eigenvalue weighted by molar-refractivity contribution is -0.138. The van der Waals surface area contributed by atoms with Crippen LogP contribution >= 0.6 is 0 Å². The first kappa shape index (κ1) is 16.4. The lowest BCUT2D eigenvalue weighted by Crippen LogP contribution is -2.38. The van der Waals surface area contributed by atoms with Gasteiger partial charge in [-0.3, -0.25) is 4.79 Å². The number of carboxylic acids is 1. The summed E-state index contributed by atoms with van der Waals surface area (Å²) in [4.78, 5) is 10.8. The summed E-state index contributed by atoms with van der Waals surface area (Å²) >= 11 is 0. The van der Waals surface area contributed by atoms with E-state index in [1.807, 2.05) is 6.92 Å². The van der Waals surface area contributed by atoms with Crippen LogP contribution in [0.1, 0.15) is 23.7 Å². The Labute approximate surface area is 118 Å². The van der Waals surface area contributed by atoms with Crippen molar-refractivity contribution in [3.05, 3.63) is 29.3 Å². The van der Waals surface area contributed by atoms with Crippen molar-refractivity contribution in [2.24, 2.45) is 0 Å². The average Bonchev–Trinajstić information content (AvgIpc) is 2.42. The number of methoxy groups -OCH3 is 1. The molecule has 0 bridgehead atoms. The van der Waals surface area contributed by atoms with Gasteiger partial charge in [0.1, 0.15) is 5.75 Å². The van der Waals surface area contributed by atoms with Gasteiger partial charge in [0.2, 0.25) is 0 Å². The molecule has 0 aliphatic carbocycles. The fraction of sp³-hybridized carbons (Fsp3) is 0.500. The summed E-state index contributed by atoms with van der Waals surface area (Å²) in [6.07, 6.45) is -1.20. The van der Waals surface area contributed by atoms with Crippen molar-refractivity contribution in [1.82, 2.24) is 5.32 Å². The van der Waals surface area contributed by atoms with E-state index in [0.29, 0.717) is 11.3 Å². The number of carboxylic acid groups (broad SMARTS) is 1. The Morgan fingerprint density at radius 1 is 1.45 bits per heavy atom. The first-order valence-corrected chi connectivity index (χ1v) is 6.38. The maximum atomic E-state index is 10.8. The fourth-order valence-corrected chi connectivity index (χ4v) is 2.05. The van der Waals surface area contributed by atoms with E-state index in [9.17, 15) is 9.90 Å². The van der Waals surface area contributed by atoms with Gasteiger partial charge in [-0.15, -0.1) is 0 Å². The number of aliphatic hydroxyl groups is 2. The summed E-state index contributed by atoms with van der Waals surface area (Å²) in [6, 6.07) is 4.54. The molecular weight excluding hydrogens is 262 g/mol. The highest BCUT2D eigenvalue weighted by molar-refractivity contribution is 5.67. The van der Waals surface area contributed by atoms with E-state index in [0.717, 1.165) is 5.56 Å². The zero-order valence-electron chi connectivity index (χ0n) is 11.7. The van der Waals surface area contributed by atoms with Crippen LogP contribution in [0.4, 0.5) is 0 Å². The van der Waals surface area contributed by atoms with Crippen molar-refractivity contribution < 1.29 is 24.9 Å². The van der Waals surface area contributed by atoms with Gasteiger partial charge in [0.25, 0.3) is 0 Å². The van der Waals surface area contributed by atoms with E-state index >= 15 is 0 Å². The first-order valence-electron chi connectivity index (χ1n) is 6.38. The van der Waals surface area contributed by atoms with E-state index in [4.69, 9.17) is 14.9 Å². The van der Waals surface area contributed by atoms with E-state index in [-0.39, 0.29) is 19.6 Å². The molecule has 0 saturated carbocycles. The van der Waals surface area contributed by atoms with Gasteiger partial charge in [0, 0.05) is 12.6 Å². The van der Waals surface area contributed by atoms with Crippen LogP contribution in [0.25, 0.3) is 0 Å². The minimum Gasteiger partial charge on any atom is -0.496 e. The van der Waals surface area contributed by atoms with Crippen LogP contribution in [0.3, 0.4) is 0 Å². The van der Waals surface area contributed by atoms with E-state index in [2.05, 4.69) is 5.32 Å². The second kappa shape index (κ2) is 7.84. The van der Waals surface area contributed by atoms with Crippen molar-refractivity contribution in [3.8, 4) is 5.75 Å². The number of hydrogen-bond acceptors (Lipinski definition) is 5. The zero-order chi connectivity index (χ0) is 15.1. The maximum absolute atomic E-state index is 10.8. The number of aliphatic hydroxyl groups excluding tert-OH is 2. The van der Waals surface area contributed by atoms with Gasteiger partial charge in [0.15, 0.2) is 0 Å². The molecule has 1 rings (SSSR count). The number of rotatable bonds is 8. The molecule has 0 heterocycles. The summed E-state index contributed by atoms with van der Waals surface area (Å²) in [5.41, 5.74) is 1.47. The summed E-state index contributed by atoms with van der Waals surface area (Å²) in [7, 11) is 1.56. The topological polar surface area (TPSA) is 99.0 Å². The van der Waals surface area contributed by atoms with Gasteiger partial charge in [-0.2, -0.15) is 0 Å². The Morgan fingerprint density at radius 2 is 2.15 bits per heavy atom. The molecular formula is C14H21NO5. The summed E-state index contributed by atoms with van der Waals surface area (Å²) in [6.45, 7) is 1.96. The predicted molar refractivity (Wildman–Crippen MR) is 73.8 cm³/mol. The molecule has 0 radical (unpaired) electrons. The highest BCUT2D eigenvalue weighted by atomic mass is 16.5. The molecule has 4 N–H and O–H groups in total. The number of benzene rings is 1. The molecule has 2 atom stereocenters. The number of aryl methyl sites for hydroxylation is 1. The normalized spacial score (nSPS) is 13.8. The largest absolute Gasteiger partial charge is 0.496 e. The molecule has 0 spiro atoms. The molecule has 6 heteroatoms. The minimum atomic E-state index is -1.01. The Bertz CT molecular complexity index is 449. The molecule has 20 heavy (non-hydrogen) atoms. The predicted octanol–water partition coefficient (Wildman–Crippen LogP) is 0.462. The molecule has 6 nitrogen and oxygen atoms in total. The van der Waals surface area contributed by atoms with Crippen molar-refractivity contribution in [2.75, 3.05) is 20.3 Å². The van der Waals surface area contributed by atoms with Crippen LogP contribution in [0.15, 0.2) is 18.2 Å².